The fourth-order valence-electron chi connectivity index (χ4n) is 4.94. The molecule has 4 rings (SSSR count). The van der Waals surface area contributed by atoms with E-state index in [1.54, 1.807) is 0 Å². The van der Waals surface area contributed by atoms with Crippen LogP contribution in [0, 0.1) is 5.82 Å². The molecule has 2 aromatic carbocycles. The van der Waals surface area contributed by atoms with Crippen LogP contribution in [0.15, 0.2) is 41.3 Å². The molecule has 6 nitrogen and oxygen atoms in total. The average Bonchev–Trinajstić information content (AvgIpc) is 2.93. The van der Waals surface area contributed by atoms with Crippen LogP contribution in [0.3, 0.4) is 0 Å². The summed E-state index contributed by atoms with van der Waals surface area (Å²) in [6.45, 7) is -0.338. The Labute approximate surface area is 234 Å². The quantitative estimate of drug-likeness (QED) is 0.253. The van der Waals surface area contributed by atoms with E-state index in [1.807, 2.05) is 0 Å². The first-order valence-electron chi connectivity index (χ1n) is 12.3. The molecule has 1 aliphatic heterocycles. The maximum absolute atomic E-state index is 14.3. The predicted octanol–water partition coefficient (Wildman–Crippen LogP) is 6.60. The molecular formula is C25H27F8N2O4PS. The van der Waals surface area contributed by atoms with Gasteiger partial charge in [0.05, 0.1) is 21.3 Å². The Balaban J connectivity index is 1.81. The lowest BCUT2D eigenvalue weighted by Crippen LogP contribution is -2.53. The van der Waals surface area contributed by atoms with Gasteiger partial charge in [-0.15, -0.1) is 0 Å². The summed E-state index contributed by atoms with van der Waals surface area (Å²) < 4.78 is 131. The molecule has 0 spiro atoms. The van der Waals surface area contributed by atoms with Crippen LogP contribution in [0.2, 0.25) is 0 Å². The lowest BCUT2D eigenvalue weighted by atomic mass is 9.81. The lowest BCUT2D eigenvalue weighted by molar-refractivity contribution is -0.140. The van der Waals surface area contributed by atoms with Crippen LogP contribution in [0.4, 0.5) is 46.5 Å². The third-order valence-corrected chi connectivity index (χ3v) is 9.98. The Morgan fingerprint density at radius 1 is 1.10 bits per heavy atom. The summed E-state index contributed by atoms with van der Waals surface area (Å²) in [4.78, 5) is 20.6. The number of rotatable bonds is 8. The van der Waals surface area contributed by atoms with Gasteiger partial charge in [0.25, 0.3) is 5.92 Å². The third kappa shape index (κ3) is 6.96. The van der Waals surface area contributed by atoms with Gasteiger partial charge >= 0.3 is 6.18 Å². The molecule has 1 saturated carbocycles. The molecule has 1 aliphatic carbocycles. The number of nitrogens with zero attached hydrogens (tertiary/aromatic N) is 2. The molecule has 2 aliphatic rings. The van der Waals surface area contributed by atoms with Crippen molar-refractivity contribution in [1.29, 1.82) is 0 Å². The molecule has 0 amide bonds. The monoisotopic (exact) mass is 634 g/mol. The summed E-state index contributed by atoms with van der Waals surface area (Å²) in [5, 5.41) is -1.86. The summed E-state index contributed by atoms with van der Waals surface area (Å²) in [5.41, 5.74) is -1.36. The van der Waals surface area contributed by atoms with Crippen molar-refractivity contribution in [2.24, 2.45) is 0 Å². The van der Waals surface area contributed by atoms with Gasteiger partial charge in [0.15, 0.2) is 8.38 Å². The van der Waals surface area contributed by atoms with E-state index in [9.17, 15) is 49.1 Å². The smallest absolute Gasteiger partial charge is 0.420 e. The van der Waals surface area contributed by atoms with Crippen molar-refractivity contribution in [3.63, 3.8) is 0 Å². The first-order chi connectivity index (χ1) is 18.8. The zero-order valence-electron chi connectivity index (χ0n) is 21.8. The highest BCUT2D eigenvalue weighted by molar-refractivity contribution is 7.82. The molecule has 1 heterocycles. The zero-order chi connectivity index (χ0) is 30.5. The number of benzene rings is 2. The van der Waals surface area contributed by atoms with Crippen molar-refractivity contribution in [2.45, 2.75) is 66.7 Å². The van der Waals surface area contributed by atoms with Crippen LogP contribution in [0.1, 0.15) is 38.2 Å². The van der Waals surface area contributed by atoms with E-state index < -0.39 is 91.6 Å². The average molecular weight is 635 g/mol. The van der Waals surface area contributed by atoms with Crippen LogP contribution in [-0.2, 0) is 17.2 Å². The number of ether oxygens (including phenoxy) is 1. The van der Waals surface area contributed by atoms with Gasteiger partial charge in [-0.05, 0) is 43.7 Å². The van der Waals surface area contributed by atoms with Crippen molar-refractivity contribution < 1.29 is 53.9 Å². The van der Waals surface area contributed by atoms with E-state index >= 15 is 0 Å². The minimum atomic E-state index is -5.05. The van der Waals surface area contributed by atoms with Crippen LogP contribution >= 0.6 is 8.38 Å². The highest BCUT2D eigenvalue weighted by Gasteiger charge is 2.61. The van der Waals surface area contributed by atoms with Gasteiger partial charge in [-0.25, -0.2) is 30.5 Å². The molecule has 41 heavy (non-hydrogen) atoms. The van der Waals surface area contributed by atoms with E-state index in [-0.39, 0.29) is 29.2 Å². The van der Waals surface area contributed by atoms with Crippen LogP contribution in [-0.4, -0.2) is 61.5 Å². The van der Waals surface area contributed by atoms with E-state index in [0.29, 0.717) is 13.0 Å². The first kappa shape index (κ1) is 31.9. The maximum atomic E-state index is 14.3. The molecule has 0 aromatic heterocycles. The predicted molar refractivity (Wildman–Crippen MR) is 136 cm³/mol. The minimum Gasteiger partial charge on any atom is -0.492 e. The van der Waals surface area contributed by atoms with Gasteiger partial charge in [-0.3, -0.25) is 0 Å². The highest BCUT2D eigenvalue weighted by Crippen LogP contribution is 2.61. The van der Waals surface area contributed by atoms with Crippen molar-refractivity contribution >= 4 is 30.7 Å². The van der Waals surface area contributed by atoms with Crippen LogP contribution in [0.25, 0.3) is 0 Å². The van der Waals surface area contributed by atoms with Crippen LogP contribution in [0.5, 0.6) is 5.75 Å². The topological polar surface area (TPSA) is 73.2 Å². The minimum absolute atomic E-state index is 0.175. The Morgan fingerprint density at radius 2 is 1.71 bits per heavy atom. The summed E-state index contributed by atoms with van der Waals surface area (Å²) in [5.74, 6) is -7.81. The molecular weight excluding hydrogens is 607 g/mol. The second-order valence-corrected chi connectivity index (χ2v) is 13.5. The number of fused-ring (bicyclic) bond motifs is 1. The lowest BCUT2D eigenvalue weighted by Gasteiger charge is -2.46. The summed E-state index contributed by atoms with van der Waals surface area (Å²) in [6, 6.07) is 5.33. The fraction of sp³-hybridized carbons (Fsp3) is 0.520. The second-order valence-electron chi connectivity index (χ2n) is 10.5. The van der Waals surface area contributed by atoms with Gasteiger partial charge < -0.3 is 19.4 Å². The second kappa shape index (κ2) is 11.2. The Bertz CT molecular complexity index is 1280. The molecule has 16 heteroatoms. The van der Waals surface area contributed by atoms with E-state index in [1.165, 1.54) is 28.4 Å². The van der Waals surface area contributed by atoms with E-state index in [0.717, 1.165) is 18.2 Å². The maximum Gasteiger partial charge on any atom is 0.420 e. The molecule has 0 saturated heterocycles. The van der Waals surface area contributed by atoms with Crippen molar-refractivity contribution in [3.05, 3.63) is 47.8 Å². The standard InChI is InChI=1S/C25H27F8N2O4PS/c1-22(27,28)8-7-17-11-35(16-5-3-15(26)4-6-16)19-9-18(25(31,32)33)20(10-21(19)41(38)34(17)2)39-14-23(40(36)37)12-24(29,30)13-23/h3-6,9-10,17,36-37H,7-8,11-14H2,1-2H3/t17-,41?/m1/s1. The van der Waals surface area contributed by atoms with Gasteiger partial charge in [-0.1, -0.05) is 0 Å². The van der Waals surface area contributed by atoms with Crippen molar-refractivity contribution in [1.82, 2.24) is 4.31 Å². The number of anilines is 2. The molecule has 2 atom stereocenters. The van der Waals surface area contributed by atoms with Crippen molar-refractivity contribution in [3.8, 4) is 5.75 Å². The molecule has 1 fully saturated rings. The zero-order valence-corrected chi connectivity index (χ0v) is 23.5. The normalized spacial score (nSPS) is 22.7. The highest BCUT2D eigenvalue weighted by atomic mass is 32.2. The van der Waals surface area contributed by atoms with Crippen molar-refractivity contribution in [2.75, 3.05) is 25.1 Å². The first-order valence-corrected chi connectivity index (χ1v) is 14.7. The van der Waals surface area contributed by atoms with Gasteiger partial charge in [0.1, 0.15) is 29.2 Å². The molecule has 0 radical (unpaired) electrons. The molecule has 0 bridgehead atoms. The number of alkyl halides is 7. The van der Waals surface area contributed by atoms with Gasteiger partial charge in [0, 0.05) is 50.7 Å². The fourth-order valence-corrected chi connectivity index (χ4v) is 7.17. The Kier molecular flexibility index (Phi) is 8.72. The Hall–Kier alpha value is -2.06. The van der Waals surface area contributed by atoms with E-state index in [2.05, 4.69) is 0 Å². The summed E-state index contributed by atoms with van der Waals surface area (Å²) in [7, 11) is -3.84. The van der Waals surface area contributed by atoms with Gasteiger partial charge in [0.2, 0.25) is 5.92 Å². The molecule has 2 aromatic rings. The number of halogens is 8. The molecule has 2 N–H and O–H groups in total. The number of likely N-dealkylation sites (N-methyl/N-ethyl adjacent to an activating group) is 1. The SMILES string of the molecule is CN1[C@H](CCC(C)(F)F)CN(c2ccc(F)cc2)c2cc(C(F)(F)F)c(OCC3(P(O)O)CC(F)(F)C3)cc2S1=O. The molecule has 1 unspecified atom stereocenters. The third-order valence-electron chi connectivity index (χ3n) is 7.17. The molecule has 228 valence electrons. The largest absolute Gasteiger partial charge is 0.492 e. The van der Waals surface area contributed by atoms with E-state index in [4.69, 9.17) is 4.74 Å². The number of hydrogen-bond donors (Lipinski definition) is 2. The summed E-state index contributed by atoms with van der Waals surface area (Å²) in [6.07, 6.45) is -7.83. The van der Waals surface area contributed by atoms with Gasteiger partial charge in [-0.2, -0.15) is 13.2 Å². The van der Waals surface area contributed by atoms with Crippen LogP contribution < -0.4 is 9.64 Å². The Morgan fingerprint density at radius 3 is 2.22 bits per heavy atom. The summed E-state index contributed by atoms with van der Waals surface area (Å²) >= 11 is 0. The number of hydrogen-bond acceptors (Lipinski definition) is 5.